The number of hydrogen-bond acceptors (Lipinski definition) is 4. The smallest absolute Gasteiger partial charge is 0.365 e. The number of hydrogen-bond donors (Lipinski definition) is 0. The van der Waals surface area contributed by atoms with Crippen molar-refractivity contribution in [3.8, 4) is 11.1 Å². The van der Waals surface area contributed by atoms with E-state index >= 15 is 0 Å². The van der Waals surface area contributed by atoms with E-state index in [2.05, 4.69) is 0 Å². The molecule has 1 fully saturated rings. The Bertz CT molecular complexity index is 1470. The molecule has 208 valence electrons. The maximum Gasteiger partial charge on any atom is 0.416 e. The van der Waals surface area contributed by atoms with Gasteiger partial charge in [0, 0.05) is 32.9 Å². The van der Waals surface area contributed by atoms with E-state index in [1.54, 1.807) is 30.1 Å². The lowest BCUT2D eigenvalue weighted by Crippen LogP contribution is -2.61. The Labute approximate surface area is 230 Å². The average molecular weight is 551 g/mol. The molecule has 0 aromatic heterocycles. The van der Waals surface area contributed by atoms with E-state index in [-0.39, 0.29) is 43.6 Å². The lowest BCUT2D eigenvalue weighted by molar-refractivity contribution is -0.137. The second kappa shape index (κ2) is 10.3. The van der Waals surface area contributed by atoms with Gasteiger partial charge in [-0.25, -0.2) is 0 Å². The van der Waals surface area contributed by atoms with Gasteiger partial charge in [-0.3, -0.25) is 14.4 Å². The molecule has 1 atom stereocenters. The number of alkyl halides is 3. The van der Waals surface area contributed by atoms with Crippen LogP contribution in [0.25, 0.3) is 11.1 Å². The topological polar surface area (TPSA) is 64.2 Å². The molecule has 0 N–H and O–H groups in total. The predicted octanol–water partition coefficient (Wildman–Crippen LogP) is 4.45. The van der Waals surface area contributed by atoms with Crippen LogP contribution in [0, 0.1) is 6.92 Å². The van der Waals surface area contributed by atoms with Gasteiger partial charge < -0.3 is 19.6 Å². The molecule has 0 aliphatic carbocycles. The Balaban J connectivity index is 1.37. The third-order valence-corrected chi connectivity index (χ3v) is 7.57. The quantitative estimate of drug-likeness (QED) is 0.482. The molecule has 3 amide bonds. The van der Waals surface area contributed by atoms with Crippen LogP contribution in [0.5, 0.6) is 0 Å². The fourth-order valence-corrected chi connectivity index (χ4v) is 5.21. The highest BCUT2D eigenvalue weighted by molar-refractivity contribution is 6.11. The van der Waals surface area contributed by atoms with Gasteiger partial charge in [0.15, 0.2) is 0 Å². The minimum absolute atomic E-state index is 0.0595. The number of piperazine rings is 1. The van der Waals surface area contributed by atoms with Gasteiger partial charge in [0.1, 0.15) is 6.04 Å². The van der Waals surface area contributed by atoms with Gasteiger partial charge in [-0.2, -0.15) is 13.2 Å². The molecule has 10 heteroatoms. The molecule has 3 aromatic rings. The van der Waals surface area contributed by atoms with Gasteiger partial charge >= 0.3 is 6.18 Å². The SMILES string of the molecule is Cc1ccc(N(C)CC(=O)N2CCN3C(=O)c4cc(-c5cccc(C(F)(F)F)c5)ccc4N(C)C(=O)C3C2)cc1. The zero-order chi connectivity index (χ0) is 28.8. The summed E-state index contributed by atoms with van der Waals surface area (Å²) in [6.45, 7) is 2.60. The maximum absolute atomic E-state index is 13.7. The minimum Gasteiger partial charge on any atom is -0.365 e. The lowest BCUT2D eigenvalue weighted by Gasteiger charge is -2.40. The van der Waals surface area contributed by atoms with Crippen molar-refractivity contribution < 1.29 is 27.6 Å². The molecule has 0 saturated carbocycles. The predicted molar refractivity (Wildman–Crippen MR) is 146 cm³/mol. The number of halogens is 3. The number of fused-ring (bicyclic) bond motifs is 2. The molecule has 40 heavy (non-hydrogen) atoms. The summed E-state index contributed by atoms with van der Waals surface area (Å²) in [6.07, 6.45) is -4.50. The summed E-state index contributed by atoms with van der Waals surface area (Å²) in [5, 5.41) is 0. The van der Waals surface area contributed by atoms with Crippen molar-refractivity contribution in [2.24, 2.45) is 0 Å². The van der Waals surface area contributed by atoms with Crippen molar-refractivity contribution in [3.63, 3.8) is 0 Å². The van der Waals surface area contributed by atoms with Crippen LogP contribution in [-0.2, 0) is 15.8 Å². The zero-order valence-electron chi connectivity index (χ0n) is 22.4. The maximum atomic E-state index is 13.7. The summed E-state index contributed by atoms with van der Waals surface area (Å²) < 4.78 is 39.8. The molecule has 0 radical (unpaired) electrons. The van der Waals surface area contributed by atoms with Gasteiger partial charge in [0.05, 0.1) is 29.9 Å². The number of anilines is 2. The number of carbonyl (C=O) groups excluding carboxylic acids is 3. The molecular weight excluding hydrogens is 521 g/mol. The van der Waals surface area contributed by atoms with Crippen LogP contribution in [0.2, 0.25) is 0 Å². The summed E-state index contributed by atoms with van der Waals surface area (Å²) in [7, 11) is 3.39. The highest BCUT2D eigenvalue weighted by atomic mass is 19.4. The fraction of sp³-hybridized carbons (Fsp3) is 0.300. The van der Waals surface area contributed by atoms with E-state index < -0.39 is 23.7 Å². The summed E-state index contributed by atoms with van der Waals surface area (Å²) >= 11 is 0. The molecule has 1 unspecified atom stereocenters. The van der Waals surface area contributed by atoms with Crippen molar-refractivity contribution in [2.75, 3.05) is 50.1 Å². The molecule has 3 aromatic carbocycles. The van der Waals surface area contributed by atoms with E-state index in [0.717, 1.165) is 23.4 Å². The third kappa shape index (κ3) is 5.13. The first-order chi connectivity index (χ1) is 18.9. The van der Waals surface area contributed by atoms with E-state index in [1.807, 2.05) is 43.1 Å². The van der Waals surface area contributed by atoms with Crippen molar-refractivity contribution >= 4 is 29.1 Å². The molecule has 1 saturated heterocycles. The van der Waals surface area contributed by atoms with Crippen LogP contribution >= 0.6 is 0 Å². The number of nitrogens with zero attached hydrogens (tertiary/aromatic N) is 4. The first-order valence-corrected chi connectivity index (χ1v) is 12.9. The van der Waals surface area contributed by atoms with Gasteiger partial charge in [-0.15, -0.1) is 0 Å². The summed E-state index contributed by atoms with van der Waals surface area (Å²) in [4.78, 5) is 46.7. The summed E-state index contributed by atoms with van der Waals surface area (Å²) in [5.41, 5.74) is 2.57. The first-order valence-electron chi connectivity index (χ1n) is 12.9. The van der Waals surface area contributed by atoms with Crippen molar-refractivity contribution in [2.45, 2.75) is 19.1 Å². The van der Waals surface area contributed by atoms with Crippen LogP contribution in [0.15, 0.2) is 66.7 Å². The third-order valence-electron chi connectivity index (χ3n) is 7.57. The summed E-state index contributed by atoms with van der Waals surface area (Å²) in [5.74, 6) is -0.877. The lowest BCUT2D eigenvalue weighted by atomic mass is 9.99. The molecular formula is C30H29F3N4O3. The first kappa shape index (κ1) is 27.2. The number of carbonyl (C=O) groups is 3. The number of amides is 3. The Hall–Kier alpha value is -4.34. The zero-order valence-corrected chi connectivity index (χ0v) is 22.4. The fourth-order valence-electron chi connectivity index (χ4n) is 5.21. The van der Waals surface area contributed by atoms with E-state index in [4.69, 9.17) is 0 Å². The van der Waals surface area contributed by atoms with E-state index in [9.17, 15) is 27.6 Å². The molecule has 2 heterocycles. The van der Waals surface area contributed by atoms with Gasteiger partial charge in [0.25, 0.3) is 11.8 Å². The van der Waals surface area contributed by atoms with Gasteiger partial charge in [-0.1, -0.05) is 35.9 Å². The van der Waals surface area contributed by atoms with Crippen LogP contribution in [0.4, 0.5) is 24.5 Å². The van der Waals surface area contributed by atoms with E-state index in [1.165, 1.54) is 21.9 Å². The average Bonchev–Trinajstić information content (AvgIpc) is 3.02. The monoisotopic (exact) mass is 550 g/mol. The molecule has 2 aliphatic heterocycles. The van der Waals surface area contributed by atoms with Crippen LogP contribution < -0.4 is 9.80 Å². The Morgan fingerprint density at radius 3 is 2.38 bits per heavy atom. The van der Waals surface area contributed by atoms with Gasteiger partial charge in [-0.05, 0) is 54.4 Å². The second-order valence-corrected chi connectivity index (χ2v) is 10.3. The van der Waals surface area contributed by atoms with Gasteiger partial charge in [0.2, 0.25) is 5.91 Å². The molecule has 7 nitrogen and oxygen atoms in total. The highest BCUT2D eigenvalue weighted by Gasteiger charge is 2.42. The molecule has 0 bridgehead atoms. The Morgan fingerprint density at radius 1 is 0.975 bits per heavy atom. The molecule has 5 rings (SSSR count). The van der Waals surface area contributed by atoms with Crippen molar-refractivity contribution in [1.82, 2.24) is 9.80 Å². The van der Waals surface area contributed by atoms with Crippen LogP contribution in [0.3, 0.4) is 0 Å². The molecule has 0 spiro atoms. The van der Waals surface area contributed by atoms with Crippen molar-refractivity contribution in [1.29, 1.82) is 0 Å². The molecule has 2 aliphatic rings. The number of rotatable bonds is 4. The minimum atomic E-state index is -4.50. The van der Waals surface area contributed by atoms with Crippen LogP contribution in [-0.4, -0.2) is 73.8 Å². The van der Waals surface area contributed by atoms with E-state index in [0.29, 0.717) is 16.8 Å². The number of benzene rings is 3. The standard InChI is InChI=1S/C30H29F3N4O3/c1-19-7-10-23(11-8-19)34(2)18-27(38)36-13-14-37-26(17-36)29(40)35(3)25-12-9-21(16-24(25)28(37)39)20-5-4-6-22(15-20)30(31,32)33/h4-12,15-16,26H,13-14,17-18H2,1-3H3. The largest absolute Gasteiger partial charge is 0.416 e. The van der Waals surface area contributed by atoms with Crippen LogP contribution in [0.1, 0.15) is 21.5 Å². The second-order valence-electron chi connectivity index (χ2n) is 10.3. The highest BCUT2D eigenvalue weighted by Crippen LogP contribution is 2.35. The Kier molecular flexibility index (Phi) is 7.03. The van der Waals surface area contributed by atoms with Crippen molar-refractivity contribution in [3.05, 3.63) is 83.4 Å². The normalized spacial score (nSPS) is 17.4. The number of likely N-dealkylation sites (N-methyl/N-ethyl adjacent to an activating group) is 2. The Morgan fingerprint density at radius 2 is 1.68 bits per heavy atom. The number of aryl methyl sites for hydroxylation is 1. The summed E-state index contributed by atoms with van der Waals surface area (Å²) in [6, 6.07) is 16.6.